The van der Waals surface area contributed by atoms with Gasteiger partial charge in [0.1, 0.15) is 0 Å². The molecule has 0 aliphatic carbocycles. The van der Waals surface area contributed by atoms with Crippen LogP contribution in [0.1, 0.15) is 17.5 Å². The zero-order chi connectivity index (χ0) is 17.6. The van der Waals surface area contributed by atoms with Crippen molar-refractivity contribution in [1.29, 1.82) is 0 Å². The van der Waals surface area contributed by atoms with Crippen LogP contribution in [-0.2, 0) is 17.6 Å². The highest BCUT2D eigenvalue weighted by molar-refractivity contribution is 5.79. The van der Waals surface area contributed by atoms with E-state index in [9.17, 15) is 14.9 Å². The third-order valence-electron chi connectivity index (χ3n) is 4.45. The molecule has 6 nitrogen and oxygen atoms in total. The average molecular weight is 339 g/mol. The zero-order valence-corrected chi connectivity index (χ0v) is 14.0. The number of carbonyl (C=O) groups excluding carboxylic acids is 1. The highest BCUT2D eigenvalue weighted by Crippen LogP contribution is 2.27. The molecule has 6 heteroatoms. The van der Waals surface area contributed by atoms with Crippen molar-refractivity contribution in [3.05, 3.63) is 69.8 Å². The number of amides is 1. The fraction of sp³-hybridized carbons (Fsp3) is 0.316. The van der Waals surface area contributed by atoms with Gasteiger partial charge in [-0.05, 0) is 24.5 Å². The molecule has 3 rings (SSSR count). The van der Waals surface area contributed by atoms with E-state index >= 15 is 0 Å². The maximum absolute atomic E-state index is 12.0. The van der Waals surface area contributed by atoms with Crippen LogP contribution in [0, 0.1) is 10.1 Å². The largest absolute Gasteiger partial charge is 0.371 e. The SMILES string of the molecule is O=C(Cc1ccccc1[N+](=O)[O-])NCCCN1CCc2ccccc21. The van der Waals surface area contributed by atoms with Gasteiger partial charge in [0.15, 0.2) is 0 Å². The highest BCUT2D eigenvalue weighted by atomic mass is 16.6. The summed E-state index contributed by atoms with van der Waals surface area (Å²) in [4.78, 5) is 24.9. The fourth-order valence-corrected chi connectivity index (χ4v) is 3.21. The molecule has 0 aromatic heterocycles. The summed E-state index contributed by atoms with van der Waals surface area (Å²) in [5.41, 5.74) is 3.10. The van der Waals surface area contributed by atoms with Crippen molar-refractivity contribution in [2.24, 2.45) is 0 Å². The molecule has 0 spiro atoms. The van der Waals surface area contributed by atoms with Crippen LogP contribution in [0.2, 0.25) is 0 Å². The minimum Gasteiger partial charge on any atom is -0.371 e. The van der Waals surface area contributed by atoms with Crippen molar-refractivity contribution in [3.8, 4) is 0 Å². The number of hydrogen-bond acceptors (Lipinski definition) is 4. The molecule has 130 valence electrons. The number of nitro benzene ring substituents is 1. The predicted molar refractivity (Wildman–Crippen MR) is 96.8 cm³/mol. The normalized spacial score (nSPS) is 12.7. The Morgan fingerprint density at radius 2 is 1.92 bits per heavy atom. The Bertz CT molecular complexity index is 776. The van der Waals surface area contributed by atoms with Crippen LogP contribution in [0.4, 0.5) is 11.4 Å². The first-order valence-corrected chi connectivity index (χ1v) is 8.47. The molecule has 0 fully saturated rings. The van der Waals surface area contributed by atoms with Gasteiger partial charge in [0.05, 0.1) is 11.3 Å². The van der Waals surface area contributed by atoms with E-state index in [0.717, 1.165) is 25.9 Å². The molecule has 0 saturated carbocycles. The van der Waals surface area contributed by atoms with Crippen molar-refractivity contribution < 1.29 is 9.72 Å². The number of benzene rings is 2. The number of hydrogen-bond donors (Lipinski definition) is 1. The lowest BCUT2D eigenvalue weighted by Gasteiger charge is -2.19. The summed E-state index contributed by atoms with van der Waals surface area (Å²) >= 11 is 0. The minimum absolute atomic E-state index is 0.00803. The van der Waals surface area contributed by atoms with Crippen LogP contribution < -0.4 is 10.2 Å². The Hall–Kier alpha value is -2.89. The molecule has 0 saturated heterocycles. The molecule has 25 heavy (non-hydrogen) atoms. The molecule has 1 amide bonds. The Morgan fingerprint density at radius 1 is 1.16 bits per heavy atom. The summed E-state index contributed by atoms with van der Waals surface area (Å²) in [7, 11) is 0. The molecule has 0 atom stereocenters. The molecule has 2 aromatic carbocycles. The summed E-state index contributed by atoms with van der Waals surface area (Å²) in [5, 5.41) is 13.8. The van der Waals surface area contributed by atoms with Gasteiger partial charge < -0.3 is 10.2 Å². The number of anilines is 1. The summed E-state index contributed by atoms with van der Waals surface area (Å²) in [6.07, 6.45) is 1.95. The lowest BCUT2D eigenvalue weighted by atomic mass is 10.1. The molecular weight excluding hydrogens is 318 g/mol. The smallest absolute Gasteiger partial charge is 0.273 e. The Labute approximate surface area is 146 Å². The van der Waals surface area contributed by atoms with Gasteiger partial charge >= 0.3 is 0 Å². The summed E-state index contributed by atoms with van der Waals surface area (Å²) in [6, 6.07) is 14.8. The third-order valence-corrected chi connectivity index (χ3v) is 4.45. The van der Waals surface area contributed by atoms with Gasteiger partial charge in [0.2, 0.25) is 5.91 Å². The minimum atomic E-state index is -0.451. The quantitative estimate of drug-likeness (QED) is 0.478. The van der Waals surface area contributed by atoms with Crippen molar-refractivity contribution in [3.63, 3.8) is 0 Å². The number of carbonyl (C=O) groups is 1. The first kappa shape index (κ1) is 17.0. The number of rotatable bonds is 7. The number of nitrogens with zero attached hydrogens (tertiary/aromatic N) is 2. The number of fused-ring (bicyclic) bond motifs is 1. The van der Waals surface area contributed by atoms with E-state index in [1.165, 1.54) is 17.3 Å². The van der Waals surface area contributed by atoms with E-state index in [-0.39, 0.29) is 18.0 Å². The van der Waals surface area contributed by atoms with Crippen LogP contribution in [0.25, 0.3) is 0 Å². The van der Waals surface area contributed by atoms with Gasteiger partial charge in [-0.2, -0.15) is 0 Å². The molecule has 1 aliphatic heterocycles. The van der Waals surface area contributed by atoms with E-state index in [4.69, 9.17) is 0 Å². The first-order valence-electron chi connectivity index (χ1n) is 8.47. The van der Waals surface area contributed by atoms with E-state index in [1.807, 2.05) is 6.07 Å². The second-order valence-corrected chi connectivity index (χ2v) is 6.13. The number of nitro groups is 1. The van der Waals surface area contributed by atoms with E-state index in [0.29, 0.717) is 12.1 Å². The molecule has 0 unspecified atom stereocenters. The molecule has 2 aromatic rings. The molecule has 1 N–H and O–H groups in total. The third kappa shape index (κ3) is 4.15. The van der Waals surface area contributed by atoms with Crippen LogP contribution in [0.15, 0.2) is 48.5 Å². The van der Waals surface area contributed by atoms with Gasteiger partial charge in [-0.3, -0.25) is 14.9 Å². The predicted octanol–water partition coefficient (Wildman–Crippen LogP) is 2.71. The van der Waals surface area contributed by atoms with Crippen molar-refractivity contribution in [2.45, 2.75) is 19.3 Å². The molecule has 1 heterocycles. The van der Waals surface area contributed by atoms with Crippen LogP contribution in [0.5, 0.6) is 0 Å². The topological polar surface area (TPSA) is 75.5 Å². The van der Waals surface area contributed by atoms with E-state index < -0.39 is 4.92 Å². The van der Waals surface area contributed by atoms with Gasteiger partial charge in [0, 0.05) is 37.0 Å². The standard InChI is InChI=1S/C19H21N3O3/c23-19(14-16-7-2-4-9-18(16)22(24)25)20-11-5-12-21-13-10-15-6-1-3-8-17(15)21/h1-4,6-9H,5,10-14H2,(H,20,23). The lowest BCUT2D eigenvalue weighted by molar-refractivity contribution is -0.385. The molecular formula is C19H21N3O3. The monoisotopic (exact) mass is 339 g/mol. The van der Waals surface area contributed by atoms with E-state index in [2.05, 4.69) is 28.4 Å². The zero-order valence-electron chi connectivity index (χ0n) is 14.0. The molecule has 0 bridgehead atoms. The lowest BCUT2D eigenvalue weighted by Crippen LogP contribution is -2.30. The number of nitrogens with one attached hydrogen (secondary N) is 1. The average Bonchev–Trinajstić information content (AvgIpc) is 3.02. The van der Waals surface area contributed by atoms with Gasteiger partial charge in [-0.1, -0.05) is 36.4 Å². The molecule has 1 aliphatic rings. The van der Waals surface area contributed by atoms with Crippen LogP contribution in [0.3, 0.4) is 0 Å². The Kier molecular flexibility index (Phi) is 5.28. The second kappa shape index (κ2) is 7.79. The summed E-state index contributed by atoms with van der Waals surface area (Å²) < 4.78 is 0. The maximum atomic E-state index is 12.0. The van der Waals surface area contributed by atoms with Crippen molar-refractivity contribution in [1.82, 2.24) is 5.32 Å². The second-order valence-electron chi connectivity index (χ2n) is 6.13. The number of para-hydroxylation sites is 2. The van der Waals surface area contributed by atoms with E-state index in [1.54, 1.807) is 18.2 Å². The Balaban J connectivity index is 1.44. The van der Waals surface area contributed by atoms with Crippen LogP contribution >= 0.6 is 0 Å². The Morgan fingerprint density at radius 3 is 2.76 bits per heavy atom. The molecule has 0 radical (unpaired) electrons. The maximum Gasteiger partial charge on any atom is 0.273 e. The van der Waals surface area contributed by atoms with Crippen LogP contribution in [-0.4, -0.2) is 30.5 Å². The van der Waals surface area contributed by atoms with Gasteiger partial charge in [-0.25, -0.2) is 0 Å². The summed E-state index contributed by atoms with van der Waals surface area (Å²) in [5.74, 6) is -0.184. The van der Waals surface area contributed by atoms with Gasteiger partial charge in [-0.15, -0.1) is 0 Å². The van der Waals surface area contributed by atoms with Crippen molar-refractivity contribution in [2.75, 3.05) is 24.5 Å². The first-order chi connectivity index (χ1) is 12.1. The highest BCUT2D eigenvalue weighted by Gasteiger charge is 2.18. The summed E-state index contributed by atoms with van der Waals surface area (Å²) in [6.45, 7) is 2.48. The fourth-order valence-electron chi connectivity index (χ4n) is 3.21. The van der Waals surface area contributed by atoms with Crippen molar-refractivity contribution >= 4 is 17.3 Å². The van der Waals surface area contributed by atoms with Gasteiger partial charge in [0.25, 0.3) is 5.69 Å².